The highest BCUT2D eigenvalue weighted by atomic mass is 32.2. The van der Waals surface area contributed by atoms with Crippen molar-refractivity contribution in [3.63, 3.8) is 0 Å². The molecule has 34 heavy (non-hydrogen) atoms. The summed E-state index contributed by atoms with van der Waals surface area (Å²) >= 11 is 0. The first-order valence-corrected chi connectivity index (χ1v) is 13.3. The van der Waals surface area contributed by atoms with Gasteiger partial charge in [0.05, 0.1) is 23.2 Å². The number of aryl methyl sites for hydroxylation is 1. The lowest BCUT2D eigenvalue weighted by atomic mass is 10.1. The van der Waals surface area contributed by atoms with Crippen LogP contribution in [0.5, 0.6) is 0 Å². The molecule has 9 heteroatoms. The zero-order valence-corrected chi connectivity index (χ0v) is 19.8. The van der Waals surface area contributed by atoms with Gasteiger partial charge in [0.25, 0.3) is 5.91 Å². The standard InChI is InChI=1S/C25H27FN4O3S/c1-18-2-4-19(5-3-18)24-16-23(27-30(24)22-10-15-34(32,33)17-22)25(31)29-13-11-28(12-14-29)21-8-6-20(26)7-9-21/h2-9,16,22H,10-15,17H2,1H3. The molecule has 2 saturated heterocycles. The first-order valence-electron chi connectivity index (χ1n) is 11.5. The first-order chi connectivity index (χ1) is 16.3. The van der Waals surface area contributed by atoms with Crippen molar-refractivity contribution in [2.75, 3.05) is 42.6 Å². The number of anilines is 1. The third-order valence-corrected chi connectivity index (χ3v) is 8.37. The fourth-order valence-electron chi connectivity index (χ4n) is 4.67. The number of rotatable bonds is 4. The van der Waals surface area contributed by atoms with E-state index in [2.05, 4.69) is 10.00 Å². The maximum absolute atomic E-state index is 13.3. The van der Waals surface area contributed by atoms with Gasteiger partial charge in [-0.05, 0) is 49.2 Å². The van der Waals surface area contributed by atoms with Crippen LogP contribution in [0.15, 0.2) is 54.6 Å². The summed E-state index contributed by atoms with van der Waals surface area (Å²) < 4.78 is 39.2. The minimum absolute atomic E-state index is 0.0392. The number of amides is 1. The molecule has 1 amide bonds. The van der Waals surface area contributed by atoms with Crippen molar-refractivity contribution >= 4 is 21.4 Å². The lowest BCUT2D eigenvalue weighted by molar-refractivity contribution is 0.0739. The summed E-state index contributed by atoms with van der Waals surface area (Å²) in [5.41, 5.74) is 4.04. The van der Waals surface area contributed by atoms with Crippen LogP contribution in [0, 0.1) is 12.7 Å². The van der Waals surface area contributed by atoms with Gasteiger partial charge in [-0.1, -0.05) is 29.8 Å². The smallest absolute Gasteiger partial charge is 0.274 e. The number of hydrogen-bond donors (Lipinski definition) is 0. The number of nitrogens with zero attached hydrogens (tertiary/aromatic N) is 4. The largest absolute Gasteiger partial charge is 0.368 e. The number of halogens is 1. The van der Waals surface area contributed by atoms with Crippen molar-refractivity contribution in [3.05, 3.63) is 71.7 Å². The Morgan fingerprint density at radius 3 is 2.29 bits per heavy atom. The van der Waals surface area contributed by atoms with Gasteiger partial charge in [-0.2, -0.15) is 5.10 Å². The van der Waals surface area contributed by atoms with Crippen LogP contribution in [0.1, 0.15) is 28.5 Å². The molecule has 0 radical (unpaired) electrons. The number of aromatic nitrogens is 2. The van der Waals surface area contributed by atoms with E-state index in [1.807, 2.05) is 31.2 Å². The molecule has 0 spiro atoms. The molecule has 1 atom stereocenters. The Bertz CT molecular complexity index is 1290. The summed E-state index contributed by atoms with van der Waals surface area (Å²) in [6.07, 6.45) is 0.493. The Labute approximate surface area is 198 Å². The Morgan fingerprint density at radius 2 is 1.68 bits per heavy atom. The molecule has 7 nitrogen and oxygen atoms in total. The molecule has 5 rings (SSSR count). The zero-order valence-electron chi connectivity index (χ0n) is 19.0. The number of benzene rings is 2. The highest BCUT2D eigenvalue weighted by Gasteiger charge is 2.33. The molecule has 1 unspecified atom stereocenters. The molecule has 2 aliphatic heterocycles. The lowest BCUT2D eigenvalue weighted by Crippen LogP contribution is -2.48. The average Bonchev–Trinajstić information content (AvgIpc) is 3.43. The van der Waals surface area contributed by atoms with Crippen molar-refractivity contribution in [2.45, 2.75) is 19.4 Å². The molecule has 0 aliphatic carbocycles. The third-order valence-electron chi connectivity index (χ3n) is 6.62. The van der Waals surface area contributed by atoms with Gasteiger partial charge in [0.1, 0.15) is 5.82 Å². The van der Waals surface area contributed by atoms with Gasteiger partial charge in [0, 0.05) is 31.9 Å². The quantitative estimate of drug-likeness (QED) is 0.570. The molecule has 178 valence electrons. The molecule has 1 aromatic heterocycles. The second kappa shape index (κ2) is 8.87. The predicted octanol–water partition coefficient (Wildman–Crippen LogP) is 3.32. The third kappa shape index (κ3) is 4.57. The number of carbonyl (C=O) groups is 1. The highest BCUT2D eigenvalue weighted by molar-refractivity contribution is 7.91. The van der Waals surface area contributed by atoms with E-state index in [1.54, 1.807) is 27.8 Å². The highest BCUT2D eigenvalue weighted by Crippen LogP contribution is 2.31. The van der Waals surface area contributed by atoms with Gasteiger partial charge in [-0.3, -0.25) is 9.48 Å². The van der Waals surface area contributed by atoms with E-state index in [0.29, 0.717) is 38.3 Å². The Hall–Kier alpha value is -3.20. The second-order valence-electron chi connectivity index (χ2n) is 9.04. The van der Waals surface area contributed by atoms with E-state index in [0.717, 1.165) is 22.5 Å². The van der Waals surface area contributed by atoms with Crippen molar-refractivity contribution in [1.82, 2.24) is 14.7 Å². The SMILES string of the molecule is Cc1ccc(-c2cc(C(=O)N3CCN(c4ccc(F)cc4)CC3)nn2C2CCS(=O)(=O)C2)cc1. The van der Waals surface area contributed by atoms with Crippen molar-refractivity contribution in [3.8, 4) is 11.3 Å². The maximum atomic E-state index is 13.3. The lowest BCUT2D eigenvalue weighted by Gasteiger charge is -2.35. The second-order valence-corrected chi connectivity index (χ2v) is 11.3. The van der Waals surface area contributed by atoms with E-state index in [1.165, 1.54) is 12.1 Å². The Balaban J connectivity index is 1.38. The molecule has 2 fully saturated rings. The van der Waals surface area contributed by atoms with Crippen molar-refractivity contribution in [1.29, 1.82) is 0 Å². The van der Waals surface area contributed by atoms with Crippen LogP contribution in [0.2, 0.25) is 0 Å². The van der Waals surface area contributed by atoms with E-state index in [-0.39, 0.29) is 29.3 Å². The number of hydrogen-bond acceptors (Lipinski definition) is 5. The monoisotopic (exact) mass is 482 g/mol. The van der Waals surface area contributed by atoms with Crippen LogP contribution >= 0.6 is 0 Å². The van der Waals surface area contributed by atoms with Crippen molar-refractivity contribution < 1.29 is 17.6 Å². The Kier molecular flexibility index (Phi) is 5.89. The fraction of sp³-hybridized carbons (Fsp3) is 0.360. The minimum Gasteiger partial charge on any atom is -0.368 e. The van der Waals surface area contributed by atoms with Gasteiger partial charge in [-0.15, -0.1) is 0 Å². The van der Waals surface area contributed by atoms with E-state index in [4.69, 9.17) is 0 Å². The molecule has 2 aromatic carbocycles. The average molecular weight is 483 g/mol. The number of carbonyl (C=O) groups excluding carboxylic acids is 1. The summed E-state index contributed by atoms with van der Waals surface area (Å²) in [5, 5.41) is 4.62. The molecule has 0 bridgehead atoms. The number of sulfone groups is 1. The molecular weight excluding hydrogens is 455 g/mol. The summed E-state index contributed by atoms with van der Waals surface area (Å²) in [7, 11) is -3.10. The number of piperazine rings is 1. The van der Waals surface area contributed by atoms with E-state index in [9.17, 15) is 17.6 Å². The summed E-state index contributed by atoms with van der Waals surface area (Å²) in [6, 6.07) is 15.8. The molecular formula is C25H27FN4O3S. The summed E-state index contributed by atoms with van der Waals surface area (Å²) in [5.74, 6) is -0.254. The zero-order chi connectivity index (χ0) is 23.9. The van der Waals surface area contributed by atoms with Crippen LogP contribution in [0.4, 0.5) is 10.1 Å². The maximum Gasteiger partial charge on any atom is 0.274 e. The van der Waals surface area contributed by atoms with Crippen LogP contribution in [-0.2, 0) is 9.84 Å². The molecule has 2 aliphatic rings. The van der Waals surface area contributed by atoms with Crippen LogP contribution in [-0.4, -0.2) is 66.7 Å². The van der Waals surface area contributed by atoms with Crippen molar-refractivity contribution in [2.24, 2.45) is 0 Å². The van der Waals surface area contributed by atoms with Gasteiger partial charge in [0.15, 0.2) is 15.5 Å². The predicted molar refractivity (Wildman–Crippen MR) is 129 cm³/mol. The Morgan fingerprint density at radius 1 is 1.00 bits per heavy atom. The summed E-state index contributed by atoms with van der Waals surface area (Å²) in [6.45, 7) is 4.35. The normalized spacial score (nSPS) is 20.0. The molecule has 3 heterocycles. The minimum atomic E-state index is -3.10. The molecule has 0 saturated carbocycles. The van der Waals surface area contributed by atoms with Crippen LogP contribution in [0.3, 0.4) is 0 Å². The fourth-order valence-corrected chi connectivity index (χ4v) is 6.36. The van der Waals surface area contributed by atoms with Gasteiger partial charge < -0.3 is 9.80 Å². The van der Waals surface area contributed by atoms with E-state index >= 15 is 0 Å². The molecule has 3 aromatic rings. The summed E-state index contributed by atoms with van der Waals surface area (Å²) in [4.78, 5) is 17.2. The van der Waals surface area contributed by atoms with E-state index < -0.39 is 9.84 Å². The topological polar surface area (TPSA) is 75.5 Å². The van der Waals surface area contributed by atoms with Gasteiger partial charge in [-0.25, -0.2) is 12.8 Å². The molecule has 0 N–H and O–H groups in total. The first kappa shape index (κ1) is 22.6. The van der Waals surface area contributed by atoms with Crippen LogP contribution in [0.25, 0.3) is 11.3 Å². The van der Waals surface area contributed by atoms with Crippen LogP contribution < -0.4 is 4.90 Å². The van der Waals surface area contributed by atoms with Gasteiger partial charge >= 0.3 is 0 Å². The van der Waals surface area contributed by atoms with Gasteiger partial charge in [0.2, 0.25) is 0 Å².